The number of hydrogen-bond acceptors (Lipinski definition) is 10. The first kappa shape index (κ1) is 20.9. The van der Waals surface area contributed by atoms with Crippen LogP contribution in [-0.4, -0.2) is 74.0 Å². The molecule has 1 saturated heterocycles. The smallest absolute Gasteiger partial charge is 0.407 e. The van der Waals surface area contributed by atoms with Gasteiger partial charge in [-0.25, -0.2) is 9.78 Å². The van der Waals surface area contributed by atoms with E-state index >= 15 is 0 Å². The molecule has 2 aliphatic rings. The molecule has 2 unspecified atom stereocenters. The van der Waals surface area contributed by atoms with Gasteiger partial charge in [0.15, 0.2) is 10.8 Å². The fraction of sp³-hybridized carbons (Fsp3) is 0.357. The van der Waals surface area contributed by atoms with Crippen LogP contribution in [-0.2, 0) is 19.2 Å². The Labute approximate surface area is 169 Å². The number of rotatable bonds is 7. The average molecular weight is 449 g/mol. The first-order valence-corrected chi connectivity index (χ1v) is 9.72. The number of nitrogen functional groups attached to an aromatic ring is 1. The van der Waals surface area contributed by atoms with Gasteiger partial charge in [0.05, 0.1) is 6.61 Å². The Morgan fingerprint density at radius 1 is 1.52 bits per heavy atom. The van der Waals surface area contributed by atoms with Crippen LogP contribution < -0.4 is 11.1 Å². The van der Waals surface area contributed by atoms with E-state index in [0.717, 1.165) is 28.0 Å². The van der Waals surface area contributed by atoms with E-state index in [0.29, 0.717) is 0 Å². The molecule has 2 atom stereocenters. The van der Waals surface area contributed by atoms with Crippen molar-refractivity contribution >= 4 is 51.7 Å². The summed E-state index contributed by atoms with van der Waals surface area (Å²) >= 11 is 2.07. The molecule has 0 aliphatic carbocycles. The number of aliphatic carboxylic acids is 1. The van der Waals surface area contributed by atoms with E-state index in [1.807, 2.05) is 0 Å². The number of halogens is 2. The largest absolute Gasteiger partial charge is 0.477 e. The number of nitrogens with zero attached hydrogens (tertiary/aromatic N) is 3. The molecule has 2 amide bonds. The average Bonchev–Trinajstić information content (AvgIpc) is 3.10. The number of aliphatic hydroxyl groups excluding tert-OH is 1. The van der Waals surface area contributed by atoms with Crippen molar-refractivity contribution in [2.24, 2.45) is 5.16 Å². The zero-order valence-electron chi connectivity index (χ0n) is 14.2. The number of fused-ring (bicyclic) bond motifs is 1. The highest BCUT2D eigenvalue weighted by Gasteiger charge is 2.54. The van der Waals surface area contributed by atoms with Gasteiger partial charge in [-0.3, -0.25) is 14.5 Å². The Kier molecular flexibility index (Phi) is 5.99. The number of aromatic nitrogens is 1. The molecule has 0 radical (unpaired) electrons. The highest BCUT2D eigenvalue weighted by atomic mass is 32.2. The third-order valence-electron chi connectivity index (χ3n) is 3.93. The minimum Gasteiger partial charge on any atom is -0.477 e. The van der Waals surface area contributed by atoms with E-state index in [1.165, 1.54) is 5.38 Å². The Morgan fingerprint density at radius 2 is 2.24 bits per heavy atom. The number of amides is 2. The van der Waals surface area contributed by atoms with Gasteiger partial charge in [0.25, 0.3) is 11.8 Å². The van der Waals surface area contributed by atoms with Gasteiger partial charge in [-0.15, -0.1) is 23.1 Å². The predicted octanol–water partition coefficient (Wildman–Crippen LogP) is -0.600. The van der Waals surface area contributed by atoms with Crippen molar-refractivity contribution in [1.29, 1.82) is 0 Å². The molecule has 2 aliphatic heterocycles. The summed E-state index contributed by atoms with van der Waals surface area (Å²) in [5, 5.41) is 24.6. The molecular weight excluding hydrogens is 436 g/mol. The summed E-state index contributed by atoms with van der Waals surface area (Å²) in [5.41, 5.74) is 4.57. The lowest BCUT2D eigenvalue weighted by Gasteiger charge is -2.49. The predicted molar refractivity (Wildman–Crippen MR) is 96.9 cm³/mol. The van der Waals surface area contributed by atoms with Crippen LogP contribution in [0.2, 0.25) is 0 Å². The van der Waals surface area contributed by atoms with Gasteiger partial charge in [0.1, 0.15) is 22.8 Å². The standard InChI is InChI=1S/C14H13F2N5O6S2/c15-13(16)27-20-6(5-3-29-14(17)18-5)9(23)19-7-10(24)21-8(12(25)26)4(1-22)2-28-11(7)21/h3,7,11,13,22H,1-2H2,(H2,17,18)(H,19,23)(H,25,26)/b20-6+. The highest BCUT2D eigenvalue weighted by molar-refractivity contribution is 8.00. The third kappa shape index (κ3) is 4.01. The fourth-order valence-electron chi connectivity index (χ4n) is 2.71. The van der Waals surface area contributed by atoms with Gasteiger partial charge < -0.3 is 26.1 Å². The summed E-state index contributed by atoms with van der Waals surface area (Å²) in [6, 6.07) is -1.13. The topological polar surface area (TPSA) is 167 Å². The number of anilines is 1. The van der Waals surface area contributed by atoms with Crippen molar-refractivity contribution in [2.75, 3.05) is 18.1 Å². The molecule has 0 spiro atoms. The zero-order chi connectivity index (χ0) is 21.3. The van der Waals surface area contributed by atoms with E-state index in [2.05, 4.69) is 20.3 Å². The fourth-order valence-corrected chi connectivity index (χ4v) is 4.59. The molecular formula is C14H13F2N5O6S2. The molecule has 0 aromatic carbocycles. The van der Waals surface area contributed by atoms with Gasteiger partial charge in [0.2, 0.25) is 0 Å². The molecule has 1 aromatic heterocycles. The van der Waals surface area contributed by atoms with Crippen molar-refractivity contribution in [2.45, 2.75) is 18.0 Å². The number of oxime groups is 1. The number of β-lactam (4-membered cyclic amide) rings is 1. The number of alkyl halides is 2. The minimum atomic E-state index is -3.29. The van der Waals surface area contributed by atoms with Crippen molar-refractivity contribution in [3.63, 3.8) is 0 Å². The monoisotopic (exact) mass is 449 g/mol. The number of carbonyl (C=O) groups is 3. The lowest BCUT2D eigenvalue weighted by molar-refractivity contribution is -0.150. The van der Waals surface area contributed by atoms with E-state index in [1.54, 1.807) is 0 Å². The van der Waals surface area contributed by atoms with E-state index in [4.69, 9.17) is 5.73 Å². The highest BCUT2D eigenvalue weighted by Crippen LogP contribution is 2.40. The summed E-state index contributed by atoms with van der Waals surface area (Å²) in [4.78, 5) is 45.0. The Balaban J connectivity index is 1.80. The molecule has 11 nitrogen and oxygen atoms in total. The second kappa shape index (κ2) is 8.30. The summed E-state index contributed by atoms with van der Waals surface area (Å²) in [7, 11) is 0. The van der Waals surface area contributed by atoms with Gasteiger partial charge in [0, 0.05) is 11.1 Å². The number of carboxylic acid groups (broad SMARTS) is 1. The summed E-state index contributed by atoms with van der Waals surface area (Å²) < 4.78 is 24.7. The summed E-state index contributed by atoms with van der Waals surface area (Å²) in [6.45, 7) is -3.82. The third-order valence-corrected chi connectivity index (χ3v) is 5.94. The molecule has 0 saturated carbocycles. The summed E-state index contributed by atoms with van der Waals surface area (Å²) in [6.07, 6.45) is 0. The van der Waals surface area contributed by atoms with Gasteiger partial charge >= 0.3 is 12.6 Å². The molecule has 3 heterocycles. The van der Waals surface area contributed by atoms with Crippen LogP contribution in [0.25, 0.3) is 0 Å². The normalized spacial score (nSPS) is 21.7. The first-order chi connectivity index (χ1) is 13.7. The van der Waals surface area contributed by atoms with Crippen LogP contribution >= 0.6 is 23.1 Å². The minimum absolute atomic E-state index is 0.0547. The number of thioether (sulfide) groups is 1. The zero-order valence-corrected chi connectivity index (χ0v) is 15.9. The van der Waals surface area contributed by atoms with Crippen LogP contribution in [0.5, 0.6) is 0 Å². The van der Waals surface area contributed by atoms with E-state index in [9.17, 15) is 33.4 Å². The number of hydrogen-bond donors (Lipinski definition) is 4. The maximum absolute atomic E-state index is 12.5. The van der Waals surface area contributed by atoms with Crippen LogP contribution in [0, 0.1) is 0 Å². The Bertz CT molecular complexity index is 920. The van der Waals surface area contributed by atoms with Crippen molar-refractivity contribution in [3.8, 4) is 0 Å². The molecule has 29 heavy (non-hydrogen) atoms. The number of thiazole rings is 1. The number of carbonyl (C=O) groups excluding carboxylic acids is 2. The quantitative estimate of drug-likeness (QED) is 0.241. The number of nitrogens with one attached hydrogen (secondary N) is 1. The van der Waals surface area contributed by atoms with Gasteiger partial charge in [-0.05, 0) is 5.57 Å². The molecule has 1 fully saturated rings. The van der Waals surface area contributed by atoms with Crippen LogP contribution in [0.15, 0.2) is 21.8 Å². The van der Waals surface area contributed by atoms with Gasteiger partial charge in [-0.1, -0.05) is 5.16 Å². The molecule has 156 valence electrons. The van der Waals surface area contributed by atoms with Crippen molar-refractivity contribution < 1.29 is 38.2 Å². The van der Waals surface area contributed by atoms with E-state index in [-0.39, 0.29) is 27.8 Å². The molecule has 0 bridgehead atoms. The molecule has 1 aromatic rings. The van der Waals surface area contributed by atoms with E-state index < -0.39 is 48.1 Å². The maximum atomic E-state index is 12.5. The number of nitrogens with two attached hydrogens (primary N) is 1. The lowest BCUT2D eigenvalue weighted by Crippen LogP contribution is -2.71. The van der Waals surface area contributed by atoms with Crippen molar-refractivity contribution in [1.82, 2.24) is 15.2 Å². The maximum Gasteiger partial charge on any atom is 0.407 e. The molecule has 3 rings (SSSR count). The van der Waals surface area contributed by atoms with Crippen LogP contribution in [0.1, 0.15) is 5.69 Å². The van der Waals surface area contributed by atoms with Gasteiger partial charge in [-0.2, -0.15) is 8.78 Å². The lowest BCUT2D eigenvalue weighted by atomic mass is 10.0. The SMILES string of the molecule is Nc1nc(/C(=N\OC(F)F)C(=O)NC2C(=O)N3C(C(=O)O)=C(CO)CSC23)cs1. The second-order valence-corrected chi connectivity index (χ2v) is 7.65. The van der Waals surface area contributed by atoms with Crippen LogP contribution in [0.3, 0.4) is 0 Å². The Hall–Kier alpha value is -2.78. The van der Waals surface area contributed by atoms with Crippen LogP contribution in [0.4, 0.5) is 13.9 Å². The van der Waals surface area contributed by atoms with Crippen molar-refractivity contribution in [3.05, 3.63) is 22.3 Å². The summed E-state index contributed by atoms with van der Waals surface area (Å²) in [5.74, 6) is -3.01. The number of carboxylic acids is 1. The molecule has 5 N–H and O–H groups in total. The Morgan fingerprint density at radius 3 is 2.79 bits per heavy atom. The second-order valence-electron chi connectivity index (χ2n) is 5.65. The molecule has 15 heteroatoms. The first-order valence-electron chi connectivity index (χ1n) is 7.79. The number of aliphatic hydroxyl groups is 1.